The van der Waals surface area contributed by atoms with E-state index in [1.54, 1.807) is 6.07 Å². The number of carbonyl (C=O) groups is 1. The van der Waals surface area contributed by atoms with Crippen LogP contribution in [0.4, 0.5) is 26.3 Å². The fourth-order valence-corrected chi connectivity index (χ4v) is 4.04. The maximum atomic E-state index is 13.4. The van der Waals surface area contributed by atoms with Crippen LogP contribution in [-0.4, -0.2) is 11.1 Å². The van der Waals surface area contributed by atoms with E-state index < -0.39 is 40.4 Å². The molecule has 0 heterocycles. The predicted molar refractivity (Wildman–Crippen MR) is 122 cm³/mol. The molecule has 0 fully saturated rings. The topological polar surface area (TPSA) is 37.3 Å². The van der Waals surface area contributed by atoms with Crippen molar-refractivity contribution in [1.29, 1.82) is 0 Å². The summed E-state index contributed by atoms with van der Waals surface area (Å²) in [6, 6.07) is 12.2. The minimum atomic E-state index is -4.71. The number of hydrogen-bond donors (Lipinski definition) is 1. The zero-order chi connectivity index (χ0) is 26.1. The molecular formula is C26H21ClF6O2. The van der Waals surface area contributed by atoms with Crippen molar-refractivity contribution in [2.75, 3.05) is 0 Å². The molecule has 0 radical (unpaired) electrons. The Hall–Kier alpha value is -3.00. The van der Waals surface area contributed by atoms with Crippen molar-refractivity contribution >= 4 is 17.6 Å². The molecule has 3 aromatic rings. The van der Waals surface area contributed by atoms with Gasteiger partial charge in [-0.05, 0) is 70.5 Å². The normalized spacial score (nSPS) is 13.2. The van der Waals surface area contributed by atoms with E-state index in [4.69, 9.17) is 11.6 Å². The van der Waals surface area contributed by atoms with Crippen LogP contribution in [0.1, 0.15) is 42.9 Å². The highest BCUT2D eigenvalue weighted by molar-refractivity contribution is 6.31. The number of carboxylic acid groups (broad SMARTS) is 1. The Bertz CT molecular complexity index is 1210. The Kier molecular flexibility index (Phi) is 7.55. The van der Waals surface area contributed by atoms with Crippen LogP contribution in [0.3, 0.4) is 0 Å². The molecule has 35 heavy (non-hydrogen) atoms. The predicted octanol–water partition coefficient (Wildman–Crippen LogP) is 8.93. The van der Waals surface area contributed by atoms with E-state index in [0.29, 0.717) is 16.7 Å². The second-order valence-corrected chi connectivity index (χ2v) is 9.04. The van der Waals surface area contributed by atoms with Crippen molar-refractivity contribution in [2.45, 2.75) is 38.5 Å². The first-order chi connectivity index (χ1) is 16.2. The van der Waals surface area contributed by atoms with Gasteiger partial charge in [0.2, 0.25) is 0 Å². The molecule has 1 N–H and O–H groups in total. The van der Waals surface area contributed by atoms with Gasteiger partial charge < -0.3 is 5.11 Å². The molecule has 0 bridgehead atoms. The average molecular weight is 515 g/mol. The van der Waals surface area contributed by atoms with Gasteiger partial charge in [-0.15, -0.1) is 0 Å². The summed E-state index contributed by atoms with van der Waals surface area (Å²) in [5.74, 6) is -2.07. The molecule has 0 amide bonds. The zero-order valence-corrected chi connectivity index (χ0v) is 19.4. The highest BCUT2D eigenvalue weighted by atomic mass is 35.5. The third-order valence-electron chi connectivity index (χ3n) is 5.51. The lowest BCUT2D eigenvalue weighted by Crippen LogP contribution is -2.14. The maximum Gasteiger partial charge on any atom is 0.417 e. The average Bonchev–Trinajstić information content (AvgIpc) is 2.76. The second kappa shape index (κ2) is 9.93. The van der Waals surface area contributed by atoms with Gasteiger partial charge >= 0.3 is 18.3 Å². The van der Waals surface area contributed by atoms with Gasteiger partial charge in [-0.1, -0.05) is 55.8 Å². The Morgan fingerprint density at radius 2 is 1.34 bits per heavy atom. The van der Waals surface area contributed by atoms with Crippen LogP contribution in [-0.2, 0) is 17.1 Å². The summed E-state index contributed by atoms with van der Waals surface area (Å²) < 4.78 is 79.2. The Morgan fingerprint density at radius 3 is 1.83 bits per heavy atom. The summed E-state index contributed by atoms with van der Waals surface area (Å²) in [6.45, 7) is 3.68. The first-order valence-electron chi connectivity index (χ1n) is 10.6. The van der Waals surface area contributed by atoms with Crippen LogP contribution in [0.5, 0.6) is 0 Å². The van der Waals surface area contributed by atoms with E-state index in [2.05, 4.69) is 0 Å². The quantitative estimate of drug-likeness (QED) is 0.333. The van der Waals surface area contributed by atoms with Crippen molar-refractivity contribution in [2.24, 2.45) is 5.92 Å². The first kappa shape index (κ1) is 26.6. The zero-order valence-electron chi connectivity index (χ0n) is 18.6. The monoisotopic (exact) mass is 514 g/mol. The molecule has 0 aliphatic rings. The summed E-state index contributed by atoms with van der Waals surface area (Å²) in [7, 11) is 0. The van der Waals surface area contributed by atoms with Crippen molar-refractivity contribution in [3.8, 4) is 22.3 Å². The molecule has 1 unspecified atom stereocenters. The van der Waals surface area contributed by atoms with E-state index >= 15 is 0 Å². The third-order valence-corrected chi connectivity index (χ3v) is 5.84. The molecule has 3 rings (SSSR count). The second-order valence-electron chi connectivity index (χ2n) is 8.63. The van der Waals surface area contributed by atoms with Crippen LogP contribution >= 0.6 is 11.6 Å². The van der Waals surface area contributed by atoms with Crippen molar-refractivity contribution in [3.05, 3.63) is 82.4 Å². The van der Waals surface area contributed by atoms with Gasteiger partial charge in [0, 0.05) is 0 Å². The van der Waals surface area contributed by atoms with Crippen LogP contribution in [0.25, 0.3) is 22.3 Å². The molecule has 2 nitrogen and oxygen atoms in total. The third kappa shape index (κ3) is 6.36. The van der Waals surface area contributed by atoms with Gasteiger partial charge in [-0.25, -0.2) is 0 Å². The standard InChI is InChI=1S/C26H21ClF6O2/c1-14(2)9-21(24(34)35)19-11-17(15-3-6-20(7-4-15)25(28,29)30)10-18(12-19)16-5-8-23(27)22(13-16)26(31,32)33/h3-8,10-14,21H,9H2,1-2H3,(H,34,35). The number of alkyl halides is 6. The lowest BCUT2D eigenvalue weighted by Gasteiger charge is -2.19. The van der Waals surface area contributed by atoms with Gasteiger partial charge in [-0.2, -0.15) is 26.3 Å². The fourth-order valence-electron chi connectivity index (χ4n) is 3.81. The SMILES string of the molecule is CC(C)CC(C(=O)O)c1cc(-c2ccc(C(F)(F)F)cc2)cc(-c2ccc(Cl)c(C(F)(F)F)c2)c1. The molecule has 186 valence electrons. The molecular weight excluding hydrogens is 494 g/mol. The highest BCUT2D eigenvalue weighted by Crippen LogP contribution is 2.40. The summed E-state index contributed by atoms with van der Waals surface area (Å²) in [4.78, 5) is 12.0. The van der Waals surface area contributed by atoms with E-state index in [0.717, 1.165) is 24.3 Å². The van der Waals surface area contributed by atoms with Crippen molar-refractivity contribution in [1.82, 2.24) is 0 Å². The number of aliphatic carboxylic acids is 1. The van der Waals surface area contributed by atoms with E-state index in [9.17, 15) is 36.2 Å². The van der Waals surface area contributed by atoms with E-state index in [1.807, 2.05) is 13.8 Å². The number of benzene rings is 3. The van der Waals surface area contributed by atoms with Gasteiger partial charge in [0.25, 0.3) is 0 Å². The summed E-state index contributed by atoms with van der Waals surface area (Å²) in [6.07, 6.45) is -8.98. The molecule has 0 saturated carbocycles. The fraction of sp³-hybridized carbons (Fsp3) is 0.269. The van der Waals surface area contributed by atoms with Crippen LogP contribution in [0.15, 0.2) is 60.7 Å². The molecule has 0 aliphatic heterocycles. The Balaban J connectivity index is 2.22. The summed E-state index contributed by atoms with van der Waals surface area (Å²) in [5.41, 5.74) is -0.393. The maximum absolute atomic E-state index is 13.4. The van der Waals surface area contributed by atoms with Gasteiger partial charge in [0.05, 0.1) is 22.1 Å². The van der Waals surface area contributed by atoms with Crippen LogP contribution in [0, 0.1) is 5.92 Å². The van der Waals surface area contributed by atoms with Gasteiger partial charge in [-0.3, -0.25) is 4.79 Å². The Morgan fingerprint density at radius 1 is 0.800 bits per heavy atom. The minimum Gasteiger partial charge on any atom is -0.481 e. The van der Waals surface area contributed by atoms with E-state index in [-0.39, 0.29) is 23.5 Å². The van der Waals surface area contributed by atoms with Crippen molar-refractivity contribution < 1.29 is 36.2 Å². The molecule has 0 saturated heterocycles. The first-order valence-corrected chi connectivity index (χ1v) is 11.0. The lowest BCUT2D eigenvalue weighted by atomic mass is 9.86. The van der Waals surface area contributed by atoms with Gasteiger partial charge in [0.15, 0.2) is 0 Å². The molecule has 1 atom stereocenters. The molecule has 0 aliphatic carbocycles. The molecule has 0 spiro atoms. The molecule has 9 heteroatoms. The van der Waals surface area contributed by atoms with Gasteiger partial charge in [0.1, 0.15) is 0 Å². The minimum absolute atomic E-state index is 0.00152. The highest BCUT2D eigenvalue weighted by Gasteiger charge is 2.34. The molecule has 0 aromatic heterocycles. The smallest absolute Gasteiger partial charge is 0.417 e. The van der Waals surface area contributed by atoms with E-state index in [1.165, 1.54) is 30.3 Å². The largest absolute Gasteiger partial charge is 0.481 e. The van der Waals surface area contributed by atoms with Crippen LogP contribution in [0.2, 0.25) is 5.02 Å². The lowest BCUT2D eigenvalue weighted by molar-refractivity contribution is -0.139. The summed E-state index contributed by atoms with van der Waals surface area (Å²) in [5, 5.41) is 9.34. The number of rotatable bonds is 6. The Labute approximate surface area is 203 Å². The number of hydrogen-bond acceptors (Lipinski definition) is 1. The number of halogens is 7. The number of carboxylic acids is 1. The molecule has 3 aromatic carbocycles. The van der Waals surface area contributed by atoms with Crippen LogP contribution < -0.4 is 0 Å². The summed E-state index contributed by atoms with van der Waals surface area (Å²) >= 11 is 5.74. The van der Waals surface area contributed by atoms with Crippen molar-refractivity contribution in [3.63, 3.8) is 0 Å².